The van der Waals surface area contributed by atoms with E-state index >= 15 is 0 Å². The van der Waals surface area contributed by atoms with Crippen molar-refractivity contribution in [2.75, 3.05) is 6.54 Å². The Morgan fingerprint density at radius 1 is 1.19 bits per heavy atom. The molecule has 0 bridgehead atoms. The summed E-state index contributed by atoms with van der Waals surface area (Å²) in [5.41, 5.74) is -1.15. The van der Waals surface area contributed by atoms with E-state index in [1.54, 1.807) is 6.07 Å². The van der Waals surface area contributed by atoms with Crippen molar-refractivity contribution in [3.63, 3.8) is 0 Å². The van der Waals surface area contributed by atoms with Crippen molar-refractivity contribution >= 4 is 22.8 Å². The molecule has 0 aliphatic heterocycles. The molecule has 0 atom stereocenters. The zero-order chi connectivity index (χ0) is 19.6. The van der Waals surface area contributed by atoms with E-state index < -0.39 is 17.6 Å². The molecule has 1 fully saturated rings. The fourth-order valence-electron chi connectivity index (χ4n) is 3.61. The molecule has 0 spiro atoms. The van der Waals surface area contributed by atoms with Crippen molar-refractivity contribution in [2.24, 2.45) is 5.92 Å². The lowest BCUT2D eigenvalue weighted by atomic mass is 9.87. The van der Waals surface area contributed by atoms with Crippen LogP contribution in [0.4, 0.5) is 13.2 Å². The number of ether oxygens (including phenoxy) is 1. The van der Waals surface area contributed by atoms with E-state index in [1.807, 2.05) is 0 Å². The van der Waals surface area contributed by atoms with Gasteiger partial charge in [-0.25, -0.2) is 0 Å². The zero-order valence-electron chi connectivity index (χ0n) is 14.9. The highest BCUT2D eigenvalue weighted by molar-refractivity contribution is 6.07. The van der Waals surface area contributed by atoms with Crippen molar-refractivity contribution < 1.29 is 27.5 Å². The van der Waals surface area contributed by atoms with Crippen LogP contribution in [-0.4, -0.2) is 29.5 Å². The number of nitrogens with one attached hydrogen (secondary N) is 2. The third kappa shape index (κ3) is 4.43. The van der Waals surface area contributed by atoms with Gasteiger partial charge >= 0.3 is 12.1 Å². The summed E-state index contributed by atoms with van der Waals surface area (Å²) in [4.78, 5) is 26.3. The number of carbonyl (C=O) groups excluding carboxylic acids is 2. The Kier molecular flexibility index (Phi) is 5.43. The average Bonchev–Trinajstić information content (AvgIpc) is 3.07. The minimum atomic E-state index is -4.62. The van der Waals surface area contributed by atoms with Crippen LogP contribution in [0.15, 0.2) is 24.4 Å². The predicted molar refractivity (Wildman–Crippen MR) is 93.1 cm³/mol. The lowest BCUT2D eigenvalue weighted by Gasteiger charge is -2.28. The molecular formula is C19H21F3N2O3. The van der Waals surface area contributed by atoms with E-state index in [9.17, 15) is 22.8 Å². The van der Waals surface area contributed by atoms with Crippen LogP contribution < -0.4 is 5.32 Å². The van der Waals surface area contributed by atoms with Gasteiger partial charge in [-0.3, -0.25) is 9.59 Å². The summed E-state index contributed by atoms with van der Waals surface area (Å²) in [6, 6.07) is 3.92. The first-order valence-electron chi connectivity index (χ1n) is 8.88. The average molecular weight is 382 g/mol. The standard InChI is InChI=1S/C19H21F3N2O3/c1-11(25)27-14-5-2-12(3-6-14)10-24-18(26)16-15(19(20,21)22)7-4-13-8-9-23-17(13)16/h4,7-9,12,14,23H,2-3,5-6,10H2,1H3,(H,24,26). The molecule has 2 N–H and O–H groups in total. The van der Waals surface area contributed by atoms with Crippen LogP contribution in [0.2, 0.25) is 0 Å². The number of hydrogen-bond donors (Lipinski definition) is 2. The molecule has 1 aliphatic carbocycles. The quantitative estimate of drug-likeness (QED) is 0.784. The smallest absolute Gasteiger partial charge is 0.417 e. The molecule has 146 valence electrons. The van der Waals surface area contributed by atoms with Crippen molar-refractivity contribution in [1.82, 2.24) is 10.3 Å². The van der Waals surface area contributed by atoms with E-state index in [2.05, 4.69) is 10.3 Å². The normalized spacial score (nSPS) is 20.4. The first-order chi connectivity index (χ1) is 12.8. The molecule has 1 aromatic carbocycles. The van der Waals surface area contributed by atoms with Gasteiger partial charge in [0, 0.05) is 25.1 Å². The molecule has 3 rings (SSSR count). The molecule has 27 heavy (non-hydrogen) atoms. The van der Waals surface area contributed by atoms with E-state index in [0.29, 0.717) is 24.8 Å². The Hall–Kier alpha value is -2.51. The van der Waals surface area contributed by atoms with Gasteiger partial charge in [-0.1, -0.05) is 6.07 Å². The van der Waals surface area contributed by atoms with Gasteiger partial charge in [0.1, 0.15) is 6.10 Å². The number of aromatic amines is 1. The first-order valence-corrected chi connectivity index (χ1v) is 8.88. The Morgan fingerprint density at radius 3 is 2.52 bits per heavy atom. The van der Waals surface area contributed by atoms with Crippen LogP contribution in [0.5, 0.6) is 0 Å². The molecule has 2 aromatic rings. The number of carbonyl (C=O) groups is 2. The van der Waals surface area contributed by atoms with Crippen molar-refractivity contribution in [3.05, 3.63) is 35.5 Å². The molecule has 0 radical (unpaired) electrons. The zero-order valence-corrected chi connectivity index (χ0v) is 14.9. The third-order valence-electron chi connectivity index (χ3n) is 4.94. The number of fused-ring (bicyclic) bond motifs is 1. The maximum atomic E-state index is 13.3. The minimum Gasteiger partial charge on any atom is -0.463 e. The lowest BCUT2D eigenvalue weighted by Crippen LogP contribution is -2.34. The topological polar surface area (TPSA) is 71.2 Å². The Labute approximate surface area is 154 Å². The second-order valence-electron chi connectivity index (χ2n) is 6.89. The molecule has 8 heteroatoms. The Morgan fingerprint density at radius 2 is 1.89 bits per heavy atom. The summed E-state index contributed by atoms with van der Waals surface area (Å²) in [6.45, 7) is 1.66. The lowest BCUT2D eigenvalue weighted by molar-refractivity contribution is -0.148. The van der Waals surface area contributed by atoms with E-state index in [1.165, 1.54) is 19.2 Å². The molecule has 1 aliphatic rings. The number of rotatable bonds is 4. The number of esters is 1. The number of benzene rings is 1. The van der Waals surface area contributed by atoms with Gasteiger partial charge in [-0.2, -0.15) is 13.2 Å². The summed E-state index contributed by atoms with van der Waals surface area (Å²) in [5.74, 6) is -0.902. The van der Waals surface area contributed by atoms with Gasteiger partial charge in [0.05, 0.1) is 16.6 Å². The highest BCUT2D eigenvalue weighted by atomic mass is 19.4. The first kappa shape index (κ1) is 19.3. The van der Waals surface area contributed by atoms with Crippen LogP contribution >= 0.6 is 0 Å². The SMILES string of the molecule is CC(=O)OC1CCC(CNC(=O)c2c(C(F)(F)F)ccc3cc[nH]c23)CC1. The van der Waals surface area contributed by atoms with E-state index in [0.717, 1.165) is 18.9 Å². The number of H-pyrrole nitrogens is 1. The number of hydrogen-bond acceptors (Lipinski definition) is 3. The molecule has 1 amide bonds. The van der Waals surface area contributed by atoms with E-state index in [-0.39, 0.29) is 29.1 Å². The predicted octanol–water partition coefficient (Wildman–Crippen LogP) is 4.04. The highest BCUT2D eigenvalue weighted by Gasteiger charge is 2.36. The number of alkyl halides is 3. The summed E-state index contributed by atoms with van der Waals surface area (Å²) >= 11 is 0. The number of halogens is 3. The second-order valence-corrected chi connectivity index (χ2v) is 6.89. The van der Waals surface area contributed by atoms with Crippen LogP contribution in [0.1, 0.15) is 48.5 Å². The summed E-state index contributed by atoms with van der Waals surface area (Å²) < 4.78 is 45.2. The molecule has 0 unspecified atom stereocenters. The summed E-state index contributed by atoms with van der Waals surface area (Å²) in [5, 5.41) is 3.20. The van der Waals surface area contributed by atoms with Gasteiger partial charge in [0.15, 0.2) is 0 Å². The van der Waals surface area contributed by atoms with Gasteiger partial charge in [-0.15, -0.1) is 0 Å². The molecule has 0 saturated heterocycles. The maximum absolute atomic E-state index is 13.3. The van der Waals surface area contributed by atoms with Crippen LogP contribution in [-0.2, 0) is 15.7 Å². The van der Waals surface area contributed by atoms with Crippen molar-refractivity contribution in [2.45, 2.75) is 44.9 Å². The van der Waals surface area contributed by atoms with Gasteiger partial charge in [0.2, 0.25) is 0 Å². The summed E-state index contributed by atoms with van der Waals surface area (Å²) in [7, 11) is 0. The molecular weight excluding hydrogens is 361 g/mol. The summed E-state index contributed by atoms with van der Waals surface area (Å²) in [6.07, 6.45) is -0.334. The van der Waals surface area contributed by atoms with Crippen LogP contribution in [0.3, 0.4) is 0 Å². The van der Waals surface area contributed by atoms with Gasteiger partial charge in [0.25, 0.3) is 5.91 Å². The maximum Gasteiger partial charge on any atom is 0.417 e. The fraction of sp³-hybridized carbons (Fsp3) is 0.474. The monoisotopic (exact) mass is 382 g/mol. The third-order valence-corrected chi connectivity index (χ3v) is 4.94. The van der Waals surface area contributed by atoms with Crippen LogP contribution in [0, 0.1) is 5.92 Å². The largest absolute Gasteiger partial charge is 0.463 e. The molecule has 1 saturated carbocycles. The fourth-order valence-corrected chi connectivity index (χ4v) is 3.61. The van der Waals surface area contributed by atoms with E-state index in [4.69, 9.17) is 4.74 Å². The highest BCUT2D eigenvalue weighted by Crippen LogP contribution is 2.35. The Bertz CT molecular complexity index is 836. The van der Waals surface area contributed by atoms with Gasteiger partial charge < -0.3 is 15.0 Å². The number of aromatic nitrogens is 1. The molecule has 1 aromatic heterocycles. The molecule has 5 nitrogen and oxygen atoms in total. The van der Waals surface area contributed by atoms with Crippen molar-refractivity contribution in [1.29, 1.82) is 0 Å². The second kappa shape index (κ2) is 7.62. The van der Waals surface area contributed by atoms with Crippen LogP contribution in [0.25, 0.3) is 10.9 Å². The number of amides is 1. The molecule has 1 heterocycles. The Balaban J connectivity index is 1.68. The minimum absolute atomic E-state index is 0.112. The van der Waals surface area contributed by atoms with Crippen molar-refractivity contribution in [3.8, 4) is 0 Å². The van der Waals surface area contributed by atoms with Gasteiger partial charge in [-0.05, 0) is 43.7 Å².